The third-order valence-electron chi connectivity index (χ3n) is 5.26. The first-order valence-corrected chi connectivity index (χ1v) is 7.70. The van der Waals surface area contributed by atoms with Crippen molar-refractivity contribution in [2.45, 2.75) is 31.8 Å². The van der Waals surface area contributed by atoms with Crippen LogP contribution < -0.4 is 10.9 Å². The molecule has 1 aromatic heterocycles. The Labute approximate surface area is 127 Å². The lowest BCUT2D eigenvalue weighted by Crippen LogP contribution is -2.59. The number of carbonyl (C=O) groups is 1. The van der Waals surface area contributed by atoms with Crippen molar-refractivity contribution in [3.63, 3.8) is 0 Å². The number of piperidine rings is 1. The fraction of sp³-hybridized carbons (Fsp3) is 0.600. The highest BCUT2D eigenvalue weighted by Crippen LogP contribution is 2.43. The van der Waals surface area contributed by atoms with Gasteiger partial charge in [0.25, 0.3) is 5.91 Å². The van der Waals surface area contributed by atoms with Crippen LogP contribution in [-0.4, -0.2) is 46.5 Å². The summed E-state index contributed by atoms with van der Waals surface area (Å²) in [6.45, 7) is 2.20. The number of nitrogens with zero attached hydrogens (tertiary/aromatic N) is 2. The van der Waals surface area contributed by atoms with Crippen molar-refractivity contribution in [3.8, 4) is 5.75 Å². The van der Waals surface area contributed by atoms with Gasteiger partial charge < -0.3 is 20.2 Å². The maximum atomic E-state index is 12.6. The third-order valence-corrected chi connectivity index (χ3v) is 5.26. The molecule has 7 heteroatoms. The summed E-state index contributed by atoms with van der Waals surface area (Å²) in [5.41, 5.74) is 2.98. The van der Waals surface area contributed by atoms with Crippen LogP contribution in [0.3, 0.4) is 0 Å². The Morgan fingerprint density at radius 2 is 2.05 bits per heavy atom. The summed E-state index contributed by atoms with van der Waals surface area (Å²) in [6.07, 6.45) is 5.27. The van der Waals surface area contributed by atoms with E-state index in [-0.39, 0.29) is 23.2 Å². The SMILES string of the molecule is O=C1c2c(O)c(=O)ccn2N[C@@H]2CC3(CCOCC3)CCN12. The first kappa shape index (κ1) is 13.6. The average molecular weight is 305 g/mol. The van der Waals surface area contributed by atoms with E-state index >= 15 is 0 Å². The fourth-order valence-electron chi connectivity index (χ4n) is 3.89. The van der Waals surface area contributed by atoms with E-state index in [1.165, 1.54) is 16.9 Å². The van der Waals surface area contributed by atoms with E-state index in [1.807, 2.05) is 0 Å². The van der Waals surface area contributed by atoms with Crippen LogP contribution in [0.25, 0.3) is 0 Å². The van der Waals surface area contributed by atoms with Crippen molar-refractivity contribution in [1.29, 1.82) is 0 Å². The largest absolute Gasteiger partial charge is 0.502 e. The van der Waals surface area contributed by atoms with Crippen molar-refractivity contribution in [1.82, 2.24) is 9.58 Å². The number of fused-ring (bicyclic) bond motifs is 2. The van der Waals surface area contributed by atoms with Gasteiger partial charge in [0, 0.05) is 32.0 Å². The lowest BCUT2D eigenvalue weighted by Gasteiger charge is -2.50. The van der Waals surface area contributed by atoms with E-state index in [4.69, 9.17) is 4.74 Å². The van der Waals surface area contributed by atoms with Gasteiger partial charge in [0.15, 0.2) is 11.4 Å². The van der Waals surface area contributed by atoms with E-state index in [9.17, 15) is 14.7 Å². The van der Waals surface area contributed by atoms with Crippen LogP contribution in [0.4, 0.5) is 0 Å². The highest BCUT2D eigenvalue weighted by molar-refractivity contribution is 5.96. The second-order valence-electron chi connectivity index (χ2n) is 6.46. The van der Waals surface area contributed by atoms with Gasteiger partial charge in [0.05, 0.1) is 0 Å². The number of rotatable bonds is 0. The highest BCUT2D eigenvalue weighted by atomic mass is 16.5. The number of hydrogen-bond acceptors (Lipinski definition) is 5. The zero-order valence-electron chi connectivity index (χ0n) is 12.2. The molecular weight excluding hydrogens is 286 g/mol. The minimum atomic E-state index is -0.530. The number of pyridine rings is 1. The topological polar surface area (TPSA) is 83.8 Å². The Morgan fingerprint density at radius 1 is 1.27 bits per heavy atom. The smallest absolute Gasteiger partial charge is 0.278 e. The highest BCUT2D eigenvalue weighted by Gasteiger charge is 2.45. The van der Waals surface area contributed by atoms with Crippen molar-refractivity contribution in [2.75, 3.05) is 25.2 Å². The maximum absolute atomic E-state index is 12.6. The van der Waals surface area contributed by atoms with Gasteiger partial charge >= 0.3 is 0 Å². The molecule has 0 radical (unpaired) electrons. The standard InChI is InChI=1S/C15H19N3O4/c19-10-1-5-18-12(13(10)20)14(21)17-6-2-15(9-11(17)16-18)3-7-22-8-4-15/h1,5,11,16,20H,2-4,6-9H2/t11-/m0/s1. The Morgan fingerprint density at radius 3 is 2.82 bits per heavy atom. The number of amides is 1. The normalized spacial score (nSPS) is 26.3. The van der Waals surface area contributed by atoms with Crippen LogP contribution in [0, 0.1) is 5.41 Å². The molecule has 7 nitrogen and oxygen atoms in total. The lowest BCUT2D eigenvalue weighted by molar-refractivity contribution is -0.0340. The molecule has 1 amide bonds. The minimum Gasteiger partial charge on any atom is -0.502 e. The van der Waals surface area contributed by atoms with Crippen LogP contribution in [0.15, 0.2) is 17.1 Å². The molecular formula is C15H19N3O4. The van der Waals surface area contributed by atoms with E-state index in [1.54, 1.807) is 4.90 Å². The van der Waals surface area contributed by atoms with Crippen LogP contribution in [0.1, 0.15) is 36.2 Å². The van der Waals surface area contributed by atoms with Gasteiger partial charge in [-0.25, -0.2) is 0 Å². The molecule has 0 saturated carbocycles. The molecule has 2 N–H and O–H groups in total. The minimum absolute atomic E-state index is 0.0340. The summed E-state index contributed by atoms with van der Waals surface area (Å²) in [5, 5.41) is 9.91. The molecule has 2 saturated heterocycles. The summed E-state index contributed by atoms with van der Waals surface area (Å²) in [6, 6.07) is 1.27. The number of aromatic hydroxyl groups is 1. The van der Waals surface area contributed by atoms with Crippen molar-refractivity contribution in [3.05, 3.63) is 28.2 Å². The second-order valence-corrected chi connectivity index (χ2v) is 6.46. The zero-order chi connectivity index (χ0) is 15.3. The molecule has 4 rings (SSSR count). The summed E-state index contributed by atoms with van der Waals surface area (Å²) in [7, 11) is 0. The molecule has 3 aliphatic heterocycles. The van der Waals surface area contributed by atoms with Gasteiger partial charge in [-0.05, 0) is 31.1 Å². The summed E-state index contributed by atoms with van der Waals surface area (Å²) < 4.78 is 6.95. The quantitative estimate of drug-likeness (QED) is 0.728. The van der Waals surface area contributed by atoms with Gasteiger partial charge in [-0.1, -0.05) is 0 Å². The first-order chi connectivity index (χ1) is 10.6. The Bertz CT molecular complexity index is 678. The Hall–Kier alpha value is -2.02. The molecule has 0 bridgehead atoms. The Kier molecular flexibility index (Phi) is 2.94. The zero-order valence-corrected chi connectivity index (χ0v) is 12.2. The van der Waals surface area contributed by atoms with E-state index in [2.05, 4.69) is 5.43 Å². The number of aromatic nitrogens is 1. The molecule has 0 aliphatic carbocycles. The van der Waals surface area contributed by atoms with E-state index < -0.39 is 11.2 Å². The summed E-state index contributed by atoms with van der Waals surface area (Å²) in [4.78, 5) is 25.9. The number of hydrogen-bond donors (Lipinski definition) is 2. The van der Waals surface area contributed by atoms with E-state index in [0.717, 1.165) is 38.9 Å². The number of nitrogens with one attached hydrogen (secondary N) is 1. The molecule has 1 atom stereocenters. The first-order valence-electron chi connectivity index (χ1n) is 7.70. The summed E-state index contributed by atoms with van der Waals surface area (Å²) >= 11 is 0. The molecule has 0 unspecified atom stereocenters. The molecule has 22 heavy (non-hydrogen) atoms. The molecule has 1 spiro atoms. The number of carbonyl (C=O) groups excluding carboxylic acids is 1. The van der Waals surface area contributed by atoms with Crippen LogP contribution in [0.2, 0.25) is 0 Å². The van der Waals surface area contributed by atoms with Crippen molar-refractivity contribution >= 4 is 5.91 Å². The maximum Gasteiger partial charge on any atom is 0.278 e. The van der Waals surface area contributed by atoms with Crippen LogP contribution in [-0.2, 0) is 4.74 Å². The molecule has 118 valence electrons. The van der Waals surface area contributed by atoms with Gasteiger partial charge in [-0.3, -0.25) is 14.3 Å². The second kappa shape index (κ2) is 4.74. The predicted octanol–water partition coefficient (Wildman–Crippen LogP) is 0.470. The monoisotopic (exact) mass is 305 g/mol. The van der Waals surface area contributed by atoms with Crippen LogP contribution in [0.5, 0.6) is 5.75 Å². The van der Waals surface area contributed by atoms with Gasteiger partial charge in [-0.2, -0.15) is 0 Å². The third kappa shape index (κ3) is 1.92. The lowest BCUT2D eigenvalue weighted by atomic mass is 9.71. The molecule has 2 fully saturated rings. The van der Waals surface area contributed by atoms with Gasteiger partial charge in [0.2, 0.25) is 5.43 Å². The summed E-state index contributed by atoms with van der Waals surface area (Å²) in [5.74, 6) is -0.759. The fourth-order valence-corrected chi connectivity index (χ4v) is 3.89. The average Bonchev–Trinajstić information content (AvgIpc) is 2.51. The molecule has 4 heterocycles. The molecule has 0 aromatic carbocycles. The molecule has 1 aromatic rings. The Balaban J connectivity index is 1.67. The number of ether oxygens (including phenoxy) is 1. The van der Waals surface area contributed by atoms with Gasteiger partial charge in [0.1, 0.15) is 6.17 Å². The van der Waals surface area contributed by atoms with Crippen LogP contribution >= 0.6 is 0 Å². The van der Waals surface area contributed by atoms with Gasteiger partial charge in [-0.15, -0.1) is 0 Å². The molecule has 3 aliphatic rings. The predicted molar refractivity (Wildman–Crippen MR) is 78.3 cm³/mol. The van der Waals surface area contributed by atoms with Crippen molar-refractivity contribution < 1.29 is 14.6 Å². The van der Waals surface area contributed by atoms with Crippen molar-refractivity contribution in [2.24, 2.45) is 5.41 Å². The van der Waals surface area contributed by atoms with E-state index in [0.29, 0.717) is 6.54 Å².